The number of carbonyl (C=O) groups excluding carboxylic acids is 1. The van der Waals surface area contributed by atoms with Gasteiger partial charge in [0.15, 0.2) is 5.16 Å². The van der Waals surface area contributed by atoms with Gasteiger partial charge in [-0.25, -0.2) is 4.98 Å². The van der Waals surface area contributed by atoms with Crippen molar-refractivity contribution in [2.24, 2.45) is 0 Å². The number of anilines is 1. The van der Waals surface area contributed by atoms with Crippen LogP contribution in [0, 0.1) is 18.8 Å². The lowest BCUT2D eigenvalue weighted by molar-refractivity contribution is -0.113. The van der Waals surface area contributed by atoms with Gasteiger partial charge < -0.3 is 10.1 Å². The van der Waals surface area contributed by atoms with E-state index in [1.54, 1.807) is 13.3 Å². The van der Waals surface area contributed by atoms with Gasteiger partial charge >= 0.3 is 0 Å². The van der Waals surface area contributed by atoms with Gasteiger partial charge in [0.25, 0.3) is 0 Å². The van der Waals surface area contributed by atoms with Crippen molar-refractivity contribution in [3.05, 3.63) is 90.0 Å². The smallest absolute Gasteiger partial charge is 0.234 e. The number of amides is 1. The number of aryl methyl sites for hydroxylation is 1. The third-order valence-corrected chi connectivity index (χ3v) is 5.53. The Bertz CT molecular complexity index is 1310. The fraction of sp³-hybridized carbons (Fsp3) is 0.120. The molecule has 7 nitrogen and oxygen atoms in total. The second-order valence-corrected chi connectivity index (χ2v) is 7.89. The highest BCUT2D eigenvalue weighted by molar-refractivity contribution is 7.99. The van der Waals surface area contributed by atoms with Crippen LogP contribution in [0.3, 0.4) is 0 Å². The van der Waals surface area contributed by atoms with Crippen molar-refractivity contribution in [2.45, 2.75) is 12.1 Å². The average molecular weight is 456 g/mol. The molecule has 0 spiro atoms. The van der Waals surface area contributed by atoms with Crippen LogP contribution < -0.4 is 10.1 Å². The summed E-state index contributed by atoms with van der Waals surface area (Å²) in [5, 5.41) is 11.9. The highest BCUT2D eigenvalue weighted by Gasteiger charge is 2.14. The second kappa shape index (κ2) is 10.5. The Morgan fingerprint density at radius 2 is 1.91 bits per heavy atom. The van der Waals surface area contributed by atoms with E-state index in [1.807, 2.05) is 78.2 Å². The Balaban J connectivity index is 1.40. The van der Waals surface area contributed by atoms with Crippen LogP contribution in [0.5, 0.6) is 5.75 Å². The standard InChI is InChI=1S/C25H21N5O2S/c1-18-28-29-25(30(18)22-11-13-23(32-2)14-12-22)33-17-24(31)27-21-8-5-6-19(16-21)9-10-20-7-3-4-15-26-20/h3-8,11-16H,17H2,1-2H3,(H,27,31). The van der Waals surface area contributed by atoms with E-state index in [2.05, 4.69) is 32.3 Å². The first-order chi connectivity index (χ1) is 16.1. The summed E-state index contributed by atoms with van der Waals surface area (Å²) in [4.78, 5) is 16.8. The Labute approximate surface area is 196 Å². The second-order valence-electron chi connectivity index (χ2n) is 6.95. The third-order valence-electron chi connectivity index (χ3n) is 4.60. The Hall–Kier alpha value is -4.09. The maximum Gasteiger partial charge on any atom is 0.234 e. The predicted octanol–water partition coefficient (Wildman–Crippen LogP) is 4.11. The number of carbonyl (C=O) groups is 1. The van der Waals surface area contributed by atoms with Crippen LogP contribution >= 0.6 is 11.8 Å². The molecule has 2 heterocycles. The van der Waals surface area contributed by atoms with E-state index < -0.39 is 0 Å². The van der Waals surface area contributed by atoms with Gasteiger partial charge in [0, 0.05) is 23.1 Å². The zero-order valence-electron chi connectivity index (χ0n) is 18.1. The van der Waals surface area contributed by atoms with Crippen LogP contribution in [0.4, 0.5) is 5.69 Å². The van der Waals surface area contributed by atoms with Crippen molar-refractivity contribution in [3.63, 3.8) is 0 Å². The summed E-state index contributed by atoms with van der Waals surface area (Å²) in [5.41, 5.74) is 3.07. The number of nitrogens with one attached hydrogen (secondary N) is 1. The van der Waals surface area contributed by atoms with Gasteiger partial charge in [-0.1, -0.05) is 29.8 Å². The molecule has 0 saturated heterocycles. The Morgan fingerprint density at radius 1 is 1.06 bits per heavy atom. The van der Waals surface area contributed by atoms with E-state index in [0.717, 1.165) is 22.8 Å². The van der Waals surface area contributed by atoms with Crippen molar-refractivity contribution in [3.8, 4) is 23.3 Å². The summed E-state index contributed by atoms with van der Waals surface area (Å²) < 4.78 is 7.13. The molecule has 0 saturated carbocycles. The van der Waals surface area contributed by atoms with Crippen LogP contribution in [0.1, 0.15) is 17.1 Å². The summed E-state index contributed by atoms with van der Waals surface area (Å²) in [6, 6.07) is 20.6. The molecule has 0 aliphatic rings. The first-order valence-corrected chi connectivity index (χ1v) is 11.1. The summed E-state index contributed by atoms with van der Waals surface area (Å²) in [6.45, 7) is 1.87. The Morgan fingerprint density at radius 3 is 2.67 bits per heavy atom. The molecular formula is C25H21N5O2S. The lowest BCUT2D eigenvalue weighted by Crippen LogP contribution is -2.14. The molecule has 0 bridgehead atoms. The van der Waals surface area contributed by atoms with Crippen molar-refractivity contribution < 1.29 is 9.53 Å². The summed E-state index contributed by atoms with van der Waals surface area (Å²) in [5.74, 6) is 7.64. The zero-order chi connectivity index (χ0) is 23.0. The number of ether oxygens (including phenoxy) is 1. The van der Waals surface area contributed by atoms with Crippen LogP contribution in [-0.2, 0) is 4.79 Å². The topological polar surface area (TPSA) is 81.9 Å². The average Bonchev–Trinajstić information content (AvgIpc) is 3.22. The molecule has 0 unspecified atom stereocenters. The van der Waals surface area contributed by atoms with Crippen molar-refractivity contribution >= 4 is 23.4 Å². The van der Waals surface area contributed by atoms with E-state index in [4.69, 9.17) is 4.74 Å². The van der Waals surface area contributed by atoms with E-state index in [0.29, 0.717) is 16.5 Å². The van der Waals surface area contributed by atoms with Gasteiger partial charge in [0.05, 0.1) is 12.9 Å². The van der Waals surface area contributed by atoms with E-state index in [-0.39, 0.29) is 11.7 Å². The number of rotatable bonds is 6. The molecule has 0 aliphatic heterocycles. The number of benzene rings is 2. The van der Waals surface area contributed by atoms with Crippen molar-refractivity contribution in [1.29, 1.82) is 0 Å². The normalized spacial score (nSPS) is 10.2. The number of hydrogen-bond acceptors (Lipinski definition) is 6. The SMILES string of the molecule is COc1ccc(-n2c(C)nnc2SCC(=O)Nc2cccc(C#Cc3ccccn3)c2)cc1. The van der Waals surface area contributed by atoms with E-state index in [9.17, 15) is 4.79 Å². The molecule has 0 fully saturated rings. The molecular weight excluding hydrogens is 434 g/mol. The number of pyridine rings is 1. The number of aromatic nitrogens is 4. The van der Waals surface area contributed by atoms with Crippen molar-refractivity contribution in [2.75, 3.05) is 18.2 Å². The predicted molar refractivity (Wildman–Crippen MR) is 129 cm³/mol. The lowest BCUT2D eigenvalue weighted by atomic mass is 10.2. The minimum Gasteiger partial charge on any atom is -0.497 e. The molecule has 2 aromatic heterocycles. The lowest BCUT2D eigenvalue weighted by Gasteiger charge is -2.09. The van der Waals surface area contributed by atoms with Crippen LogP contribution in [-0.4, -0.2) is 38.5 Å². The van der Waals surface area contributed by atoms with Gasteiger partial charge in [-0.05, 0) is 67.4 Å². The first-order valence-electron chi connectivity index (χ1n) is 10.1. The summed E-state index contributed by atoms with van der Waals surface area (Å²) >= 11 is 1.32. The molecule has 4 aromatic rings. The summed E-state index contributed by atoms with van der Waals surface area (Å²) in [6.07, 6.45) is 1.70. The quantitative estimate of drug-likeness (QED) is 0.348. The molecule has 1 amide bonds. The largest absolute Gasteiger partial charge is 0.497 e. The molecule has 0 aliphatic carbocycles. The Kier molecular flexibility index (Phi) is 7.03. The number of methoxy groups -OCH3 is 1. The minimum absolute atomic E-state index is 0.142. The van der Waals surface area contributed by atoms with Gasteiger partial charge in [-0.3, -0.25) is 9.36 Å². The first kappa shape index (κ1) is 22.1. The van der Waals surface area contributed by atoms with Crippen molar-refractivity contribution in [1.82, 2.24) is 19.7 Å². The molecule has 0 radical (unpaired) electrons. The molecule has 2 aromatic carbocycles. The van der Waals surface area contributed by atoms with Gasteiger partial charge in [0.1, 0.15) is 17.3 Å². The fourth-order valence-electron chi connectivity index (χ4n) is 3.04. The maximum atomic E-state index is 12.6. The van der Waals surface area contributed by atoms with Crippen LogP contribution in [0.15, 0.2) is 78.1 Å². The molecule has 1 N–H and O–H groups in total. The van der Waals surface area contributed by atoms with Crippen LogP contribution in [0.2, 0.25) is 0 Å². The van der Waals surface area contributed by atoms with Gasteiger partial charge in [0.2, 0.25) is 5.91 Å². The number of thioether (sulfide) groups is 1. The number of hydrogen-bond donors (Lipinski definition) is 1. The molecule has 4 rings (SSSR count). The monoisotopic (exact) mass is 455 g/mol. The fourth-order valence-corrected chi connectivity index (χ4v) is 3.84. The molecule has 164 valence electrons. The molecule has 33 heavy (non-hydrogen) atoms. The molecule has 0 atom stereocenters. The minimum atomic E-state index is -0.142. The van der Waals surface area contributed by atoms with Crippen LogP contribution in [0.25, 0.3) is 5.69 Å². The number of nitrogens with zero attached hydrogens (tertiary/aromatic N) is 4. The zero-order valence-corrected chi connectivity index (χ0v) is 19.0. The summed E-state index contributed by atoms with van der Waals surface area (Å²) in [7, 11) is 1.63. The molecule has 8 heteroatoms. The third kappa shape index (κ3) is 5.79. The highest BCUT2D eigenvalue weighted by atomic mass is 32.2. The maximum absolute atomic E-state index is 12.6. The highest BCUT2D eigenvalue weighted by Crippen LogP contribution is 2.23. The van der Waals surface area contributed by atoms with E-state index >= 15 is 0 Å². The van der Waals surface area contributed by atoms with E-state index in [1.165, 1.54) is 11.8 Å². The van der Waals surface area contributed by atoms with Gasteiger partial charge in [-0.2, -0.15) is 0 Å². The van der Waals surface area contributed by atoms with Gasteiger partial charge in [-0.15, -0.1) is 10.2 Å².